The molecule has 0 spiro atoms. The van der Waals surface area contributed by atoms with Gasteiger partial charge in [-0.25, -0.2) is 0 Å². The summed E-state index contributed by atoms with van der Waals surface area (Å²) in [5.41, 5.74) is 1.24. The van der Waals surface area contributed by atoms with E-state index in [9.17, 15) is 0 Å². The topological polar surface area (TPSA) is 12.0 Å². The van der Waals surface area contributed by atoms with E-state index in [0.29, 0.717) is 0 Å². The van der Waals surface area contributed by atoms with Gasteiger partial charge in [-0.1, -0.05) is 47.1 Å². The first-order chi connectivity index (χ1) is 6.29. The average molecular weight is 240 g/mol. The van der Waals surface area contributed by atoms with Crippen molar-refractivity contribution in [2.45, 2.75) is 13.0 Å². The first kappa shape index (κ1) is 10.5. The van der Waals surface area contributed by atoms with Crippen LogP contribution in [-0.4, -0.2) is 6.54 Å². The van der Waals surface area contributed by atoms with E-state index in [4.69, 9.17) is 0 Å². The van der Waals surface area contributed by atoms with E-state index in [-0.39, 0.29) is 6.04 Å². The minimum absolute atomic E-state index is 0.237. The molecule has 0 bridgehead atoms. The maximum atomic E-state index is 3.81. The predicted octanol–water partition coefficient (Wildman–Crippen LogP) is 3.29. The molecule has 70 valence electrons. The molecule has 0 aromatic heterocycles. The highest BCUT2D eigenvalue weighted by Gasteiger charge is 2.07. The van der Waals surface area contributed by atoms with Crippen LogP contribution in [0.4, 0.5) is 0 Å². The van der Waals surface area contributed by atoms with E-state index in [0.717, 1.165) is 11.0 Å². The van der Waals surface area contributed by atoms with Gasteiger partial charge in [0, 0.05) is 4.47 Å². The van der Waals surface area contributed by atoms with Gasteiger partial charge in [-0.05, 0) is 18.2 Å². The van der Waals surface area contributed by atoms with E-state index < -0.39 is 0 Å². The zero-order valence-corrected chi connectivity index (χ0v) is 9.34. The van der Waals surface area contributed by atoms with Gasteiger partial charge in [-0.2, -0.15) is 0 Å². The Morgan fingerprint density at radius 3 is 2.77 bits per heavy atom. The minimum Gasteiger partial charge on any atom is -0.307 e. The molecule has 0 fully saturated rings. The third-order valence-corrected chi connectivity index (χ3v) is 2.62. The molecule has 0 amide bonds. The smallest absolute Gasteiger partial charge is 0.0514 e. The van der Waals surface area contributed by atoms with E-state index in [1.165, 1.54) is 5.56 Å². The maximum Gasteiger partial charge on any atom is 0.0514 e. The lowest BCUT2D eigenvalue weighted by atomic mass is 10.1. The summed E-state index contributed by atoms with van der Waals surface area (Å²) in [6.07, 6.45) is 1.92. The van der Waals surface area contributed by atoms with Crippen molar-refractivity contribution >= 4 is 15.9 Å². The highest BCUT2D eigenvalue weighted by Crippen LogP contribution is 2.23. The van der Waals surface area contributed by atoms with Gasteiger partial charge >= 0.3 is 0 Å². The van der Waals surface area contributed by atoms with E-state index >= 15 is 0 Å². The van der Waals surface area contributed by atoms with Crippen LogP contribution in [0.3, 0.4) is 0 Å². The largest absolute Gasteiger partial charge is 0.307 e. The number of nitrogens with one attached hydrogen (secondary N) is 1. The average Bonchev–Trinajstić information content (AvgIpc) is 2.16. The third kappa shape index (κ3) is 2.68. The zero-order chi connectivity index (χ0) is 9.68. The second-order valence-corrected chi connectivity index (χ2v) is 3.65. The summed E-state index contributed by atoms with van der Waals surface area (Å²) < 4.78 is 1.13. The molecule has 2 heteroatoms. The Kier molecular flexibility index (Phi) is 4.19. The fourth-order valence-corrected chi connectivity index (χ4v) is 1.80. The second-order valence-electron chi connectivity index (χ2n) is 2.79. The molecule has 1 aromatic carbocycles. The van der Waals surface area contributed by atoms with Crippen LogP contribution < -0.4 is 5.32 Å². The van der Waals surface area contributed by atoms with Crippen molar-refractivity contribution in [1.29, 1.82) is 0 Å². The van der Waals surface area contributed by atoms with E-state index in [2.05, 4.69) is 40.8 Å². The summed E-state index contributed by atoms with van der Waals surface area (Å²) in [5, 5.41) is 3.34. The van der Waals surface area contributed by atoms with Crippen molar-refractivity contribution < 1.29 is 0 Å². The summed E-state index contributed by atoms with van der Waals surface area (Å²) in [5.74, 6) is 0. The SMILES string of the molecule is C=CC(NCC)c1ccccc1Br. The molecular weight excluding hydrogens is 226 g/mol. The Balaban J connectivity index is 2.90. The van der Waals surface area contributed by atoms with Crippen molar-refractivity contribution in [1.82, 2.24) is 5.32 Å². The molecule has 0 aliphatic rings. The molecule has 1 nitrogen and oxygen atoms in total. The zero-order valence-electron chi connectivity index (χ0n) is 7.76. The molecule has 0 radical (unpaired) electrons. The lowest BCUT2D eigenvalue weighted by Gasteiger charge is -2.14. The van der Waals surface area contributed by atoms with Crippen LogP contribution in [0.25, 0.3) is 0 Å². The molecule has 1 atom stereocenters. The van der Waals surface area contributed by atoms with Gasteiger partial charge in [0.25, 0.3) is 0 Å². The van der Waals surface area contributed by atoms with Crippen molar-refractivity contribution in [3.8, 4) is 0 Å². The number of likely N-dealkylation sites (N-methyl/N-ethyl adjacent to an activating group) is 1. The fraction of sp³-hybridized carbons (Fsp3) is 0.273. The van der Waals surface area contributed by atoms with E-state index in [1.54, 1.807) is 0 Å². The van der Waals surface area contributed by atoms with Crippen LogP contribution in [0.2, 0.25) is 0 Å². The Hall–Kier alpha value is -0.600. The molecule has 1 N–H and O–H groups in total. The first-order valence-electron chi connectivity index (χ1n) is 4.40. The normalized spacial score (nSPS) is 12.5. The molecule has 1 rings (SSSR count). The first-order valence-corrected chi connectivity index (χ1v) is 5.19. The van der Waals surface area contributed by atoms with Gasteiger partial charge in [0.2, 0.25) is 0 Å². The van der Waals surface area contributed by atoms with E-state index in [1.807, 2.05) is 24.3 Å². The molecule has 0 saturated carbocycles. The summed E-state index contributed by atoms with van der Waals surface area (Å²) in [6.45, 7) is 6.85. The number of rotatable bonds is 4. The Morgan fingerprint density at radius 2 is 2.23 bits per heavy atom. The van der Waals surface area contributed by atoms with Gasteiger partial charge in [-0.3, -0.25) is 0 Å². The predicted molar refractivity (Wildman–Crippen MR) is 60.8 cm³/mol. The maximum absolute atomic E-state index is 3.81. The summed E-state index contributed by atoms with van der Waals surface area (Å²) >= 11 is 3.52. The van der Waals surface area contributed by atoms with Crippen molar-refractivity contribution in [2.75, 3.05) is 6.54 Å². The van der Waals surface area contributed by atoms with Gasteiger partial charge in [0.1, 0.15) is 0 Å². The molecule has 0 aliphatic heterocycles. The third-order valence-electron chi connectivity index (χ3n) is 1.90. The molecule has 0 aliphatic carbocycles. The van der Waals surface area contributed by atoms with Crippen LogP contribution in [0, 0.1) is 0 Å². The highest BCUT2D eigenvalue weighted by atomic mass is 79.9. The summed E-state index contributed by atoms with van der Waals surface area (Å²) in [4.78, 5) is 0. The number of hydrogen-bond donors (Lipinski definition) is 1. The quantitative estimate of drug-likeness (QED) is 0.796. The van der Waals surface area contributed by atoms with Gasteiger partial charge in [0.15, 0.2) is 0 Å². The van der Waals surface area contributed by atoms with Crippen molar-refractivity contribution in [2.24, 2.45) is 0 Å². The number of hydrogen-bond acceptors (Lipinski definition) is 1. The lowest BCUT2D eigenvalue weighted by molar-refractivity contribution is 0.647. The molecular formula is C11H14BrN. The summed E-state index contributed by atoms with van der Waals surface area (Å²) in [7, 11) is 0. The summed E-state index contributed by atoms with van der Waals surface area (Å²) in [6, 6.07) is 8.43. The van der Waals surface area contributed by atoms with Crippen LogP contribution in [-0.2, 0) is 0 Å². The Bertz CT molecular complexity index is 283. The standard InChI is InChI=1S/C11H14BrN/c1-3-11(13-4-2)9-7-5-6-8-10(9)12/h3,5-8,11,13H,1,4H2,2H3. The van der Waals surface area contributed by atoms with Crippen LogP contribution in [0.1, 0.15) is 18.5 Å². The molecule has 1 unspecified atom stereocenters. The molecule has 1 aromatic rings. The Labute approximate surface area is 88.0 Å². The molecule has 0 saturated heterocycles. The monoisotopic (exact) mass is 239 g/mol. The van der Waals surface area contributed by atoms with Gasteiger partial charge in [-0.15, -0.1) is 6.58 Å². The number of halogens is 1. The number of benzene rings is 1. The fourth-order valence-electron chi connectivity index (χ4n) is 1.27. The van der Waals surface area contributed by atoms with Gasteiger partial charge < -0.3 is 5.32 Å². The highest BCUT2D eigenvalue weighted by molar-refractivity contribution is 9.10. The van der Waals surface area contributed by atoms with Crippen LogP contribution in [0.5, 0.6) is 0 Å². The minimum atomic E-state index is 0.237. The van der Waals surface area contributed by atoms with Gasteiger partial charge in [0.05, 0.1) is 6.04 Å². The van der Waals surface area contributed by atoms with Crippen molar-refractivity contribution in [3.05, 3.63) is 47.0 Å². The van der Waals surface area contributed by atoms with Crippen molar-refractivity contribution in [3.63, 3.8) is 0 Å². The lowest BCUT2D eigenvalue weighted by Crippen LogP contribution is -2.18. The van der Waals surface area contributed by atoms with Crippen LogP contribution >= 0.6 is 15.9 Å². The van der Waals surface area contributed by atoms with Crippen LogP contribution in [0.15, 0.2) is 41.4 Å². The Morgan fingerprint density at radius 1 is 1.54 bits per heavy atom. The second kappa shape index (κ2) is 5.20. The molecule has 13 heavy (non-hydrogen) atoms. The molecule has 0 heterocycles.